The summed E-state index contributed by atoms with van der Waals surface area (Å²) >= 11 is 0. The van der Waals surface area contributed by atoms with Crippen LogP contribution in [0.3, 0.4) is 0 Å². The molecule has 0 fully saturated rings. The van der Waals surface area contributed by atoms with Crippen molar-refractivity contribution in [3.8, 4) is 0 Å². The molecule has 0 aliphatic carbocycles. The maximum Gasteiger partial charge on any atom is 0.195 e. The van der Waals surface area contributed by atoms with E-state index in [0.29, 0.717) is 0 Å². The highest BCUT2D eigenvalue weighted by Gasteiger charge is 2.15. The summed E-state index contributed by atoms with van der Waals surface area (Å²) in [6.45, 7) is 2.65. The second kappa shape index (κ2) is 3.59. The number of nitrogens with one attached hydrogen (secondary N) is 3. The molecule has 2 aliphatic rings. The summed E-state index contributed by atoms with van der Waals surface area (Å²) in [6, 6.07) is 6.29. The smallest absolute Gasteiger partial charge is 0.195 e. The number of nitrogens with zero attached hydrogens (tertiary/aromatic N) is 2. The molecule has 0 unspecified atom stereocenters. The molecule has 0 amide bonds. The van der Waals surface area contributed by atoms with Crippen LogP contribution in [0, 0.1) is 0 Å². The van der Waals surface area contributed by atoms with Crippen LogP contribution in [0.5, 0.6) is 0 Å². The predicted octanol–water partition coefficient (Wildman–Crippen LogP) is 0.877. The number of aliphatic imine (C=N–C) groups is 1. The van der Waals surface area contributed by atoms with E-state index in [1.807, 2.05) is 0 Å². The lowest BCUT2D eigenvalue weighted by Crippen LogP contribution is -2.26. The molecule has 1 aromatic rings. The quantitative estimate of drug-likeness (QED) is 0.653. The Kier molecular flexibility index (Phi) is 2.09. The van der Waals surface area contributed by atoms with Gasteiger partial charge in [0.25, 0.3) is 0 Å². The van der Waals surface area contributed by atoms with Crippen LogP contribution in [0.1, 0.15) is 0 Å². The van der Waals surface area contributed by atoms with Gasteiger partial charge < -0.3 is 20.9 Å². The van der Waals surface area contributed by atoms with Crippen molar-refractivity contribution in [2.75, 3.05) is 42.3 Å². The van der Waals surface area contributed by atoms with Crippen molar-refractivity contribution in [1.29, 1.82) is 0 Å². The van der Waals surface area contributed by atoms with Crippen molar-refractivity contribution in [2.45, 2.75) is 0 Å². The number of hydrogen-bond acceptors (Lipinski definition) is 5. The molecular weight excluding hydrogens is 202 g/mol. The van der Waals surface area contributed by atoms with Gasteiger partial charge in [-0.25, -0.2) is 0 Å². The third-order valence-electron chi connectivity index (χ3n) is 2.85. The van der Waals surface area contributed by atoms with Gasteiger partial charge in [0, 0.05) is 19.3 Å². The van der Waals surface area contributed by atoms with Gasteiger partial charge in [-0.3, -0.25) is 4.99 Å². The highest BCUT2D eigenvalue weighted by molar-refractivity contribution is 5.95. The van der Waals surface area contributed by atoms with E-state index in [4.69, 9.17) is 0 Å². The van der Waals surface area contributed by atoms with Gasteiger partial charge in [-0.05, 0) is 18.2 Å². The summed E-state index contributed by atoms with van der Waals surface area (Å²) in [6.07, 6.45) is 0. The van der Waals surface area contributed by atoms with Crippen LogP contribution < -0.4 is 20.9 Å². The van der Waals surface area contributed by atoms with Gasteiger partial charge in [0.15, 0.2) is 5.96 Å². The maximum atomic E-state index is 4.31. The summed E-state index contributed by atoms with van der Waals surface area (Å²) in [5, 5.41) is 9.79. The maximum absolute atomic E-state index is 4.31. The lowest BCUT2D eigenvalue weighted by molar-refractivity contribution is 0.959. The predicted molar refractivity (Wildman–Crippen MR) is 67.3 cm³/mol. The Balaban J connectivity index is 1.83. The molecule has 2 aliphatic heterocycles. The molecule has 0 saturated heterocycles. The van der Waals surface area contributed by atoms with E-state index in [1.54, 1.807) is 0 Å². The summed E-state index contributed by atoms with van der Waals surface area (Å²) < 4.78 is 0. The highest BCUT2D eigenvalue weighted by atomic mass is 15.3. The molecule has 5 nitrogen and oxygen atoms in total. The minimum atomic E-state index is 0.856. The Morgan fingerprint density at radius 2 is 2.31 bits per heavy atom. The molecule has 0 radical (unpaired) electrons. The van der Waals surface area contributed by atoms with Gasteiger partial charge in [-0.15, -0.1) is 0 Å². The van der Waals surface area contributed by atoms with Gasteiger partial charge in [-0.2, -0.15) is 0 Å². The number of guanidine groups is 1. The van der Waals surface area contributed by atoms with Gasteiger partial charge in [0.05, 0.1) is 24.6 Å². The first-order valence-corrected chi connectivity index (χ1v) is 5.47. The van der Waals surface area contributed by atoms with Crippen molar-refractivity contribution in [1.82, 2.24) is 5.32 Å². The van der Waals surface area contributed by atoms with E-state index in [1.165, 1.54) is 11.4 Å². The van der Waals surface area contributed by atoms with Crippen LogP contribution in [0.4, 0.5) is 17.1 Å². The Morgan fingerprint density at radius 1 is 1.38 bits per heavy atom. The second-order valence-corrected chi connectivity index (χ2v) is 4.05. The fraction of sp³-hybridized carbons (Fsp3) is 0.364. The second-order valence-electron chi connectivity index (χ2n) is 4.05. The lowest BCUT2D eigenvalue weighted by atomic mass is 10.2. The molecule has 16 heavy (non-hydrogen) atoms. The normalized spacial score (nSPS) is 17.6. The zero-order valence-corrected chi connectivity index (χ0v) is 9.25. The van der Waals surface area contributed by atoms with Crippen molar-refractivity contribution < 1.29 is 0 Å². The molecule has 0 aromatic heterocycles. The molecule has 3 rings (SSSR count). The third kappa shape index (κ3) is 1.54. The standard InChI is InChI=1S/C11H15N5/c1-16-7-14-9-3-2-8(6-10(9)16)15-11-12-4-5-13-11/h2-3,6,14H,4-5,7H2,1H3,(H2,12,13,15). The molecule has 0 spiro atoms. The summed E-state index contributed by atoms with van der Waals surface area (Å²) in [5.74, 6) is 0.869. The molecule has 0 bridgehead atoms. The number of fused-ring (bicyclic) bond motifs is 1. The minimum Gasteiger partial charge on any atom is -0.366 e. The average Bonchev–Trinajstić information content (AvgIpc) is 2.90. The third-order valence-corrected chi connectivity index (χ3v) is 2.85. The largest absolute Gasteiger partial charge is 0.366 e. The SMILES string of the molecule is CN1CNc2ccc(NC3=NCCN3)cc21. The van der Waals surface area contributed by atoms with E-state index in [2.05, 4.69) is 51.1 Å². The topological polar surface area (TPSA) is 51.7 Å². The fourth-order valence-electron chi connectivity index (χ4n) is 1.98. The van der Waals surface area contributed by atoms with Crippen molar-refractivity contribution in [2.24, 2.45) is 4.99 Å². The van der Waals surface area contributed by atoms with Gasteiger partial charge in [0.1, 0.15) is 0 Å². The molecule has 5 heteroatoms. The van der Waals surface area contributed by atoms with Gasteiger partial charge in [-0.1, -0.05) is 0 Å². The number of anilines is 3. The van der Waals surface area contributed by atoms with Crippen molar-refractivity contribution in [3.05, 3.63) is 18.2 Å². The van der Waals surface area contributed by atoms with Crippen LogP contribution in [-0.4, -0.2) is 32.8 Å². The van der Waals surface area contributed by atoms with Crippen molar-refractivity contribution in [3.63, 3.8) is 0 Å². The van der Waals surface area contributed by atoms with E-state index in [-0.39, 0.29) is 0 Å². The average molecular weight is 217 g/mol. The van der Waals surface area contributed by atoms with E-state index < -0.39 is 0 Å². The van der Waals surface area contributed by atoms with E-state index in [0.717, 1.165) is 31.4 Å². The Morgan fingerprint density at radius 3 is 3.12 bits per heavy atom. The summed E-state index contributed by atoms with van der Waals surface area (Å²) in [7, 11) is 2.08. The lowest BCUT2D eigenvalue weighted by Gasteiger charge is -2.12. The minimum absolute atomic E-state index is 0.856. The Bertz CT molecular complexity index is 440. The number of benzene rings is 1. The van der Waals surface area contributed by atoms with Gasteiger partial charge >= 0.3 is 0 Å². The van der Waals surface area contributed by atoms with Crippen LogP contribution in [0.15, 0.2) is 23.2 Å². The van der Waals surface area contributed by atoms with Crippen LogP contribution in [-0.2, 0) is 0 Å². The summed E-state index contributed by atoms with van der Waals surface area (Å²) in [4.78, 5) is 6.49. The van der Waals surface area contributed by atoms with Crippen LogP contribution in [0.25, 0.3) is 0 Å². The first-order chi connectivity index (χ1) is 7.83. The van der Waals surface area contributed by atoms with Crippen LogP contribution in [0.2, 0.25) is 0 Å². The fourth-order valence-corrected chi connectivity index (χ4v) is 1.98. The first kappa shape index (κ1) is 9.33. The van der Waals surface area contributed by atoms with Gasteiger partial charge in [0.2, 0.25) is 0 Å². The highest BCUT2D eigenvalue weighted by Crippen LogP contribution is 2.32. The van der Waals surface area contributed by atoms with Crippen LogP contribution >= 0.6 is 0 Å². The molecule has 3 N–H and O–H groups in total. The molecule has 0 atom stereocenters. The molecule has 0 saturated carbocycles. The Hall–Kier alpha value is -1.91. The monoisotopic (exact) mass is 217 g/mol. The zero-order chi connectivity index (χ0) is 11.0. The van der Waals surface area contributed by atoms with Crippen molar-refractivity contribution >= 4 is 23.0 Å². The molecule has 2 heterocycles. The number of rotatable bonds is 1. The molecule has 84 valence electrons. The molecule has 1 aromatic carbocycles. The zero-order valence-electron chi connectivity index (χ0n) is 9.25. The van der Waals surface area contributed by atoms with E-state index in [9.17, 15) is 0 Å². The summed E-state index contributed by atoms with van der Waals surface area (Å²) in [5.41, 5.74) is 3.49. The van der Waals surface area contributed by atoms with E-state index >= 15 is 0 Å². The number of hydrogen-bond donors (Lipinski definition) is 3. The molecular formula is C11H15N5. The Labute approximate surface area is 94.5 Å². The first-order valence-electron chi connectivity index (χ1n) is 5.47.